The Bertz CT molecular complexity index is 2690. The van der Waals surface area contributed by atoms with Crippen molar-refractivity contribution in [2.75, 3.05) is 45.8 Å². The third-order valence-corrected chi connectivity index (χ3v) is 16.6. The molecule has 0 radical (unpaired) electrons. The van der Waals surface area contributed by atoms with E-state index in [9.17, 15) is 4.79 Å². The van der Waals surface area contributed by atoms with Gasteiger partial charge in [0.2, 0.25) is 0 Å². The van der Waals surface area contributed by atoms with E-state index in [2.05, 4.69) is 174 Å². The molecule has 6 aromatic rings. The number of benzene rings is 6. The second-order valence-corrected chi connectivity index (χ2v) is 31.8. The molecule has 0 amide bonds. The molecule has 0 spiro atoms. The van der Waals surface area contributed by atoms with E-state index in [0.717, 1.165) is 48.8 Å². The average Bonchev–Trinajstić information content (AvgIpc) is 3.97. The van der Waals surface area contributed by atoms with Crippen molar-refractivity contribution in [3.63, 3.8) is 0 Å². The fourth-order valence-corrected chi connectivity index (χ4v) is 13.9. The number of halogens is 4. The van der Waals surface area contributed by atoms with E-state index in [1.807, 2.05) is 71.6 Å². The standard InChI is InChI=1S/2C21H27N2.C11H12O2.C10H12O.4ClH.2Ru/c2*1-14-9-16(3)20(17(4)10-14)22-7-8-23(13-22)21-18(5)11-15(2)12-19(21)6;1-8-6-4-5-7-11(8)13-10(3)9(2)12;1-8(2)11-10-7-5-4-6-9(10)3;;;;;;/h2*9-13H,7-8H2,1-6H3;1,4-7,10H,2-3H3;3-8H,1-2H3;4*1H;;/q2*-1;;;;;;;2*+2/p-2. The van der Waals surface area contributed by atoms with Crippen LogP contribution >= 0.6 is 38.8 Å². The summed E-state index contributed by atoms with van der Waals surface area (Å²) in [6.07, 6.45) is -0.0447. The van der Waals surface area contributed by atoms with E-state index in [1.54, 1.807) is 6.92 Å². The maximum Gasteiger partial charge on any atom is 0.0146 e. The van der Waals surface area contributed by atoms with E-state index in [1.165, 1.54) is 96.4 Å². The van der Waals surface area contributed by atoms with Crippen LogP contribution in [-0.2, 0) is 31.8 Å². The summed E-state index contributed by atoms with van der Waals surface area (Å²) < 4.78 is 12.6. The van der Waals surface area contributed by atoms with Gasteiger partial charge >= 0.3 is 206 Å². The summed E-state index contributed by atoms with van der Waals surface area (Å²) in [5.74, 6) is 1.79. The number of para-hydroxylation sites is 2. The molecule has 0 bridgehead atoms. The molecule has 2 fully saturated rings. The third kappa shape index (κ3) is 18.0. The molecule has 2 N–H and O–H groups in total. The molecule has 6 aromatic carbocycles. The van der Waals surface area contributed by atoms with E-state index in [0.29, 0.717) is 0 Å². The molecule has 2 heterocycles. The molecule has 1 unspecified atom stereocenters. The Balaban J connectivity index is 0.000000191. The molecular weight excluding hydrogens is 1200 g/mol. The number of nitrogens with zero attached hydrogens (tertiary/aromatic N) is 4. The van der Waals surface area contributed by atoms with Crippen molar-refractivity contribution in [2.24, 2.45) is 0 Å². The molecule has 0 aliphatic carbocycles. The zero-order valence-corrected chi connectivity index (χ0v) is 53.8. The van der Waals surface area contributed by atoms with Crippen molar-refractivity contribution in [2.45, 2.75) is 123 Å². The van der Waals surface area contributed by atoms with Gasteiger partial charge in [-0.15, -0.1) is 0 Å². The molecular formula is C63H80Cl4N4O3Ru2. The average molecular weight is 1290 g/mol. The summed E-state index contributed by atoms with van der Waals surface area (Å²) in [6, 6.07) is 33.7. The molecule has 2 aliphatic heterocycles. The van der Waals surface area contributed by atoms with E-state index in [-0.39, 0.29) is 18.0 Å². The minimum Gasteiger partial charge on any atom is -0.502 e. The van der Waals surface area contributed by atoms with Gasteiger partial charge in [0.15, 0.2) is 0 Å². The second kappa shape index (κ2) is 29.2. The first-order chi connectivity index (χ1) is 35.8. The molecule has 2 saturated heterocycles. The van der Waals surface area contributed by atoms with Crippen LogP contribution in [0.25, 0.3) is 0 Å². The molecule has 8 rings (SSSR count). The van der Waals surface area contributed by atoms with Crippen LogP contribution < -0.4 is 19.6 Å². The van der Waals surface area contributed by atoms with Crippen LogP contribution in [0.5, 0.6) is 11.5 Å². The Morgan fingerprint density at radius 1 is 0.461 bits per heavy atom. The number of Topliss-reactive ketones (excluding diaryl/α,β-unsaturated/α-hetero) is 1. The first-order valence-corrected chi connectivity index (χ1v) is 36.6. The molecule has 1 atom stereocenters. The van der Waals surface area contributed by atoms with Crippen LogP contribution in [0.1, 0.15) is 106 Å². The van der Waals surface area contributed by atoms with Gasteiger partial charge in [0, 0.05) is 48.9 Å². The van der Waals surface area contributed by atoms with Crippen molar-refractivity contribution in [1.82, 2.24) is 0 Å². The van der Waals surface area contributed by atoms with Crippen LogP contribution in [0.2, 0.25) is 0 Å². The Hall–Kier alpha value is -4.06. The van der Waals surface area contributed by atoms with Crippen LogP contribution in [0, 0.1) is 96.4 Å². The van der Waals surface area contributed by atoms with Gasteiger partial charge in [-0.25, -0.2) is 0 Å². The summed E-state index contributed by atoms with van der Waals surface area (Å²) in [4.78, 5) is 20.8. The minimum absolute atomic E-state index is 0.0423. The fourth-order valence-electron chi connectivity index (χ4n) is 10.3. The summed E-state index contributed by atoms with van der Waals surface area (Å²) in [5, 5.41) is 0. The number of aliphatic hydroxyl groups is 2. The van der Waals surface area contributed by atoms with Gasteiger partial charge in [0.1, 0.15) is 0 Å². The molecule has 13 heteroatoms. The Kier molecular flexibility index (Phi) is 24.1. The zero-order valence-electron chi connectivity index (χ0n) is 47.3. The SMILES string of the molecule is CC(=O)C(C)[OH+]c1ccccc1[CH]=[Ru]([Cl])[Cl].CC(C)[OH+]c1ccccc1[CH]=[Ru]([Cl])[Cl].Cc1cc(C)c(N2[CH-]N(c3c(C)cc(C)cc3C)CC2)c(C)c1.Cc1cc(C)c(N2[CH-]N(c3c(C)cc(C)cc3C)CC2)c(C)c1. The van der Waals surface area contributed by atoms with Crippen LogP contribution in [0.15, 0.2) is 97.1 Å². The van der Waals surface area contributed by atoms with E-state index in [4.69, 9.17) is 38.8 Å². The van der Waals surface area contributed by atoms with Gasteiger partial charge in [-0.1, -0.05) is 70.8 Å². The van der Waals surface area contributed by atoms with Crippen molar-refractivity contribution in [3.8, 4) is 11.5 Å². The summed E-state index contributed by atoms with van der Waals surface area (Å²) in [5.41, 5.74) is 23.6. The Labute approximate surface area is 482 Å². The number of ketones is 1. The van der Waals surface area contributed by atoms with Crippen LogP contribution in [-0.4, -0.2) is 62.9 Å². The normalized spacial score (nSPS) is 13.7. The Morgan fingerprint density at radius 2 is 0.711 bits per heavy atom. The first-order valence-electron chi connectivity index (χ1n) is 25.7. The molecule has 2 aliphatic rings. The van der Waals surface area contributed by atoms with E-state index < -0.39 is 27.0 Å². The van der Waals surface area contributed by atoms with E-state index >= 15 is 0 Å². The third-order valence-electron chi connectivity index (χ3n) is 13.0. The van der Waals surface area contributed by atoms with Crippen molar-refractivity contribution in [3.05, 3.63) is 188 Å². The van der Waals surface area contributed by atoms with Crippen LogP contribution in [0.3, 0.4) is 0 Å². The number of aromatic hydroxyl groups is 2. The molecule has 76 heavy (non-hydrogen) atoms. The topological polar surface area (TPSA) is 55.6 Å². The monoisotopic (exact) mass is 1280 g/mol. The Morgan fingerprint density at radius 3 is 0.947 bits per heavy atom. The van der Waals surface area contributed by atoms with Crippen molar-refractivity contribution >= 4 is 76.5 Å². The maximum atomic E-state index is 11.1. The summed E-state index contributed by atoms with van der Waals surface area (Å²) in [6.45, 7) is 42.5. The van der Waals surface area contributed by atoms with Gasteiger partial charge in [0.25, 0.3) is 0 Å². The van der Waals surface area contributed by atoms with Crippen molar-refractivity contribution in [1.29, 1.82) is 0 Å². The minimum atomic E-state index is -1.86. The summed E-state index contributed by atoms with van der Waals surface area (Å²) in [7, 11) is 23.3. The number of carbonyl (C=O) groups is 1. The number of aryl methyl sites for hydroxylation is 12. The van der Waals surface area contributed by atoms with Gasteiger partial charge in [-0.05, 0) is 128 Å². The van der Waals surface area contributed by atoms with Gasteiger partial charge < -0.3 is 19.6 Å². The first kappa shape index (κ1) is 62.8. The largest absolute Gasteiger partial charge is 0.502 e. The predicted molar refractivity (Wildman–Crippen MR) is 326 cm³/mol. The van der Waals surface area contributed by atoms with Gasteiger partial charge in [-0.3, -0.25) is 0 Å². The second-order valence-electron chi connectivity index (χ2n) is 20.4. The molecule has 0 aromatic heterocycles. The number of ether oxygens (including phenoxy) is 2. The molecule has 414 valence electrons. The number of hydrogen-bond donors (Lipinski definition) is 0. The van der Waals surface area contributed by atoms with Gasteiger partial charge in [-0.2, -0.15) is 13.3 Å². The molecule has 7 nitrogen and oxygen atoms in total. The van der Waals surface area contributed by atoms with Gasteiger partial charge in [0.05, 0.1) is 0 Å². The summed E-state index contributed by atoms with van der Waals surface area (Å²) >= 11 is -3.61. The number of rotatable bonds is 11. The number of hydrogen-bond acceptors (Lipinski definition) is 5. The number of carbonyl (C=O) groups excluding carboxylic acids is 1. The maximum absolute atomic E-state index is 11.1. The molecule has 0 saturated carbocycles. The number of anilines is 4. The predicted octanol–water partition coefficient (Wildman–Crippen LogP) is 16.4. The quantitative estimate of drug-likeness (QED) is 0.0735. The zero-order chi connectivity index (χ0) is 56.1. The smallest absolute Gasteiger partial charge is 0.0146 e. The fraction of sp³-hybridized carbons (Fsp3) is 0.349. The van der Waals surface area contributed by atoms with Crippen molar-refractivity contribution < 1.29 is 41.3 Å². The van der Waals surface area contributed by atoms with Crippen LogP contribution in [0.4, 0.5) is 22.7 Å².